The van der Waals surface area contributed by atoms with Gasteiger partial charge in [0.25, 0.3) is 10.0 Å². The Labute approximate surface area is 149 Å². The molecule has 1 aliphatic carbocycles. The highest BCUT2D eigenvalue weighted by Gasteiger charge is 2.22. The molecule has 25 heavy (non-hydrogen) atoms. The largest absolute Gasteiger partial charge is 0.493 e. The molecule has 0 heterocycles. The van der Waals surface area contributed by atoms with Gasteiger partial charge in [0.15, 0.2) is 11.5 Å². The topological polar surface area (TPSA) is 64.6 Å². The standard InChI is InChI=1S/C19H23NO4S/c1-13-11-17(23-2)18(24-3)12-19(13)25(21,22)20-16-10-6-8-14-7-4-5-9-15(14)16/h6,8,10-12,20H,4-5,7,9H2,1-3H3. The summed E-state index contributed by atoms with van der Waals surface area (Å²) < 4.78 is 39.2. The highest BCUT2D eigenvalue weighted by Crippen LogP contribution is 2.34. The molecule has 0 aliphatic heterocycles. The minimum atomic E-state index is -3.72. The predicted molar refractivity (Wildman–Crippen MR) is 98.2 cm³/mol. The molecular weight excluding hydrogens is 338 g/mol. The van der Waals surface area contributed by atoms with Gasteiger partial charge in [0.1, 0.15) is 0 Å². The second-order valence-electron chi connectivity index (χ2n) is 6.23. The van der Waals surface area contributed by atoms with E-state index in [1.807, 2.05) is 12.1 Å². The van der Waals surface area contributed by atoms with Gasteiger partial charge in [-0.05, 0) is 61.4 Å². The van der Waals surface area contributed by atoms with Gasteiger partial charge in [0.05, 0.1) is 24.8 Å². The van der Waals surface area contributed by atoms with Crippen LogP contribution in [0.5, 0.6) is 11.5 Å². The van der Waals surface area contributed by atoms with Gasteiger partial charge in [-0.1, -0.05) is 12.1 Å². The van der Waals surface area contributed by atoms with Crippen molar-refractivity contribution in [3.05, 3.63) is 47.0 Å². The maximum Gasteiger partial charge on any atom is 0.262 e. The number of ether oxygens (including phenoxy) is 2. The van der Waals surface area contributed by atoms with Crippen LogP contribution >= 0.6 is 0 Å². The smallest absolute Gasteiger partial charge is 0.262 e. The molecule has 0 fully saturated rings. The molecule has 0 saturated heterocycles. The second-order valence-corrected chi connectivity index (χ2v) is 7.88. The number of methoxy groups -OCH3 is 2. The van der Waals surface area contributed by atoms with Crippen molar-refractivity contribution in [3.8, 4) is 11.5 Å². The zero-order chi connectivity index (χ0) is 18.0. The lowest BCUT2D eigenvalue weighted by atomic mass is 9.91. The maximum atomic E-state index is 13.0. The molecule has 2 aromatic carbocycles. The molecule has 0 saturated carbocycles. The number of hydrogen-bond donors (Lipinski definition) is 1. The van der Waals surface area contributed by atoms with Crippen molar-refractivity contribution >= 4 is 15.7 Å². The summed E-state index contributed by atoms with van der Waals surface area (Å²) in [4.78, 5) is 0.193. The third-order valence-electron chi connectivity index (χ3n) is 4.61. The molecule has 2 aromatic rings. The van der Waals surface area contributed by atoms with Crippen LogP contribution in [0.1, 0.15) is 29.5 Å². The lowest BCUT2D eigenvalue weighted by molar-refractivity contribution is 0.353. The predicted octanol–water partition coefficient (Wildman–Crippen LogP) is 3.69. The van der Waals surface area contributed by atoms with Gasteiger partial charge in [-0.15, -0.1) is 0 Å². The first-order valence-electron chi connectivity index (χ1n) is 8.32. The summed E-state index contributed by atoms with van der Waals surface area (Å²) in [5.41, 5.74) is 3.62. The van der Waals surface area contributed by atoms with Crippen LogP contribution in [0.25, 0.3) is 0 Å². The van der Waals surface area contributed by atoms with E-state index in [9.17, 15) is 8.42 Å². The van der Waals surface area contributed by atoms with Crippen molar-refractivity contribution in [1.82, 2.24) is 0 Å². The van der Waals surface area contributed by atoms with Gasteiger partial charge in [-0.25, -0.2) is 8.42 Å². The van der Waals surface area contributed by atoms with E-state index in [0.29, 0.717) is 22.7 Å². The zero-order valence-electron chi connectivity index (χ0n) is 14.8. The second kappa shape index (κ2) is 6.96. The van der Waals surface area contributed by atoms with Gasteiger partial charge < -0.3 is 9.47 Å². The van der Waals surface area contributed by atoms with Crippen LogP contribution in [0, 0.1) is 6.92 Å². The van der Waals surface area contributed by atoms with Gasteiger partial charge in [0.2, 0.25) is 0 Å². The van der Waals surface area contributed by atoms with Crippen LogP contribution < -0.4 is 14.2 Å². The lowest BCUT2D eigenvalue weighted by Crippen LogP contribution is -2.17. The molecule has 0 bridgehead atoms. The van der Waals surface area contributed by atoms with E-state index in [4.69, 9.17) is 9.47 Å². The summed E-state index contributed by atoms with van der Waals surface area (Å²) in [5, 5.41) is 0. The Morgan fingerprint density at radius 1 is 1.00 bits per heavy atom. The quantitative estimate of drug-likeness (QED) is 0.882. The minimum absolute atomic E-state index is 0.193. The lowest BCUT2D eigenvalue weighted by Gasteiger charge is -2.21. The Bertz CT molecular complexity index is 891. The number of benzene rings is 2. The summed E-state index contributed by atoms with van der Waals surface area (Å²) >= 11 is 0. The van der Waals surface area contributed by atoms with Crippen molar-refractivity contribution in [2.45, 2.75) is 37.5 Å². The first-order valence-corrected chi connectivity index (χ1v) is 9.81. The molecule has 3 rings (SSSR count). The maximum absolute atomic E-state index is 13.0. The van der Waals surface area contributed by atoms with E-state index in [0.717, 1.165) is 31.2 Å². The average molecular weight is 361 g/mol. The molecule has 0 aromatic heterocycles. The highest BCUT2D eigenvalue weighted by molar-refractivity contribution is 7.92. The summed E-state index contributed by atoms with van der Waals surface area (Å²) in [6, 6.07) is 8.99. The third-order valence-corrected chi connectivity index (χ3v) is 6.12. The van der Waals surface area contributed by atoms with Crippen molar-refractivity contribution in [1.29, 1.82) is 0 Å². The number of sulfonamides is 1. The SMILES string of the molecule is COc1cc(C)c(S(=O)(=O)Nc2cccc3c2CCCC3)cc1OC. The number of hydrogen-bond acceptors (Lipinski definition) is 4. The highest BCUT2D eigenvalue weighted by atomic mass is 32.2. The molecule has 6 heteroatoms. The van der Waals surface area contributed by atoms with Crippen molar-refractivity contribution in [3.63, 3.8) is 0 Å². The summed E-state index contributed by atoms with van der Waals surface area (Å²) in [5.74, 6) is 0.902. The molecular formula is C19H23NO4S. The number of aryl methyl sites for hydroxylation is 2. The first-order chi connectivity index (χ1) is 12.0. The Hall–Kier alpha value is -2.21. The monoisotopic (exact) mass is 361 g/mol. The number of rotatable bonds is 5. The summed E-state index contributed by atoms with van der Waals surface area (Å²) in [7, 11) is -0.702. The van der Waals surface area contributed by atoms with E-state index in [-0.39, 0.29) is 4.90 Å². The van der Waals surface area contributed by atoms with Gasteiger partial charge >= 0.3 is 0 Å². The molecule has 1 N–H and O–H groups in total. The molecule has 0 spiro atoms. The fourth-order valence-corrected chi connectivity index (χ4v) is 4.66. The van der Waals surface area contributed by atoms with Crippen LogP contribution in [-0.2, 0) is 22.9 Å². The molecule has 134 valence electrons. The zero-order valence-corrected chi connectivity index (χ0v) is 15.6. The van der Waals surface area contributed by atoms with Crippen LogP contribution in [0.4, 0.5) is 5.69 Å². The fourth-order valence-electron chi connectivity index (χ4n) is 3.33. The fraction of sp³-hybridized carbons (Fsp3) is 0.368. The average Bonchev–Trinajstić information content (AvgIpc) is 2.61. The first kappa shape index (κ1) is 17.6. The molecule has 1 aliphatic rings. The van der Waals surface area contributed by atoms with Crippen molar-refractivity contribution in [2.24, 2.45) is 0 Å². The van der Waals surface area contributed by atoms with Gasteiger partial charge in [-0.2, -0.15) is 0 Å². The molecule has 0 amide bonds. The molecule has 0 atom stereocenters. The normalized spacial score (nSPS) is 13.9. The van der Waals surface area contributed by atoms with Crippen LogP contribution in [0.2, 0.25) is 0 Å². The summed E-state index contributed by atoms with van der Waals surface area (Å²) in [6.07, 6.45) is 4.14. The van der Waals surface area contributed by atoms with Gasteiger partial charge in [0, 0.05) is 6.07 Å². The van der Waals surface area contributed by atoms with Crippen LogP contribution in [-0.4, -0.2) is 22.6 Å². The van der Waals surface area contributed by atoms with E-state index in [1.54, 1.807) is 13.0 Å². The molecule has 5 nitrogen and oxygen atoms in total. The van der Waals surface area contributed by atoms with Crippen LogP contribution in [0.15, 0.2) is 35.2 Å². The Morgan fingerprint density at radius 3 is 2.40 bits per heavy atom. The van der Waals surface area contributed by atoms with Crippen LogP contribution in [0.3, 0.4) is 0 Å². The van der Waals surface area contributed by atoms with E-state index in [2.05, 4.69) is 10.8 Å². The Morgan fingerprint density at radius 2 is 1.68 bits per heavy atom. The molecule has 0 radical (unpaired) electrons. The Kier molecular flexibility index (Phi) is 4.90. The van der Waals surface area contributed by atoms with Gasteiger partial charge in [-0.3, -0.25) is 4.72 Å². The van der Waals surface area contributed by atoms with E-state index in [1.165, 1.54) is 25.8 Å². The number of nitrogens with one attached hydrogen (secondary N) is 1. The number of fused-ring (bicyclic) bond motifs is 1. The van der Waals surface area contributed by atoms with E-state index >= 15 is 0 Å². The number of anilines is 1. The third kappa shape index (κ3) is 3.44. The minimum Gasteiger partial charge on any atom is -0.493 e. The summed E-state index contributed by atoms with van der Waals surface area (Å²) in [6.45, 7) is 1.75. The van der Waals surface area contributed by atoms with Crippen molar-refractivity contribution in [2.75, 3.05) is 18.9 Å². The molecule has 0 unspecified atom stereocenters. The van der Waals surface area contributed by atoms with Crippen molar-refractivity contribution < 1.29 is 17.9 Å². The van der Waals surface area contributed by atoms with E-state index < -0.39 is 10.0 Å². The Balaban J connectivity index is 2.01.